The lowest BCUT2D eigenvalue weighted by Crippen LogP contribution is -2.54. The van der Waals surface area contributed by atoms with Crippen LogP contribution < -0.4 is 10.6 Å². The van der Waals surface area contributed by atoms with Crippen LogP contribution >= 0.6 is 12.6 Å². The van der Waals surface area contributed by atoms with Crippen LogP contribution in [0, 0.1) is 13.8 Å². The molecule has 1 saturated carbocycles. The van der Waals surface area contributed by atoms with E-state index < -0.39 is 41.6 Å². The summed E-state index contributed by atoms with van der Waals surface area (Å²) >= 11 is 4.27. The molecule has 3 amide bonds. The third-order valence-electron chi connectivity index (χ3n) is 5.26. The van der Waals surface area contributed by atoms with Crippen molar-refractivity contribution >= 4 is 36.5 Å². The van der Waals surface area contributed by atoms with Gasteiger partial charge in [-0.15, -0.1) is 0 Å². The van der Waals surface area contributed by atoms with E-state index in [0.717, 1.165) is 24.0 Å². The number of nitrogens with zero attached hydrogens (tertiary/aromatic N) is 1. The molecule has 2 atom stereocenters. The first kappa shape index (κ1) is 27.5. The van der Waals surface area contributed by atoms with E-state index in [1.54, 1.807) is 20.8 Å². The molecule has 34 heavy (non-hydrogen) atoms. The molecule has 2 unspecified atom stereocenters. The fraction of sp³-hybridized carbons (Fsp3) is 0.583. The minimum absolute atomic E-state index is 0.0184. The van der Waals surface area contributed by atoms with Crippen LogP contribution in [0.5, 0.6) is 0 Å². The number of methoxy groups -OCH3 is 1. The highest BCUT2D eigenvalue weighted by molar-refractivity contribution is 7.80. The molecule has 1 aromatic rings. The Bertz CT molecular complexity index is 926. The zero-order valence-corrected chi connectivity index (χ0v) is 21.5. The van der Waals surface area contributed by atoms with Crippen LogP contribution in [0.15, 0.2) is 18.2 Å². The summed E-state index contributed by atoms with van der Waals surface area (Å²) < 4.78 is 9.93. The van der Waals surface area contributed by atoms with Crippen LogP contribution in [-0.2, 0) is 23.9 Å². The fourth-order valence-electron chi connectivity index (χ4n) is 3.49. The van der Waals surface area contributed by atoms with Crippen molar-refractivity contribution in [2.45, 2.75) is 71.2 Å². The summed E-state index contributed by atoms with van der Waals surface area (Å²) in [5.41, 5.74) is 1.66. The minimum Gasteiger partial charge on any atom is -0.468 e. The van der Waals surface area contributed by atoms with Gasteiger partial charge in [-0.25, -0.2) is 4.79 Å². The lowest BCUT2D eigenvalue weighted by atomic mass is 9.96. The third kappa shape index (κ3) is 7.65. The van der Waals surface area contributed by atoms with E-state index in [4.69, 9.17) is 4.74 Å². The maximum absolute atomic E-state index is 13.7. The summed E-state index contributed by atoms with van der Waals surface area (Å²) in [7, 11) is 1.23. The van der Waals surface area contributed by atoms with Gasteiger partial charge in [0.1, 0.15) is 24.2 Å². The molecule has 1 aliphatic carbocycles. The molecule has 10 heteroatoms. The monoisotopic (exact) mass is 493 g/mol. The van der Waals surface area contributed by atoms with E-state index in [9.17, 15) is 19.2 Å². The normalized spacial score (nSPS) is 15.0. The topological polar surface area (TPSA) is 114 Å². The molecule has 0 saturated heterocycles. The quantitative estimate of drug-likeness (QED) is 0.360. The second-order valence-corrected chi connectivity index (χ2v) is 9.78. The number of rotatable bonds is 9. The predicted octanol–water partition coefficient (Wildman–Crippen LogP) is 2.45. The zero-order valence-electron chi connectivity index (χ0n) is 20.6. The highest BCUT2D eigenvalue weighted by atomic mass is 32.1. The van der Waals surface area contributed by atoms with Gasteiger partial charge in [0.25, 0.3) is 0 Å². The van der Waals surface area contributed by atoms with Crippen molar-refractivity contribution in [3.63, 3.8) is 0 Å². The van der Waals surface area contributed by atoms with Crippen LogP contribution in [0.3, 0.4) is 0 Å². The molecule has 0 heterocycles. The molecule has 9 nitrogen and oxygen atoms in total. The molecule has 0 spiro atoms. The van der Waals surface area contributed by atoms with Gasteiger partial charge in [0.15, 0.2) is 0 Å². The smallest absolute Gasteiger partial charge is 0.408 e. The number of amides is 3. The maximum Gasteiger partial charge on any atom is 0.408 e. The Balaban J connectivity index is 2.42. The van der Waals surface area contributed by atoms with Crippen molar-refractivity contribution in [1.29, 1.82) is 0 Å². The highest BCUT2D eigenvalue weighted by Gasteiger charge is 2.44. The molecule has 0 aliphatic heterocycles. The van der Waals surface area contributed by atoms with Gasteiger partial charge < -0.3 is 25.0 Å². The minimum atomic E-state index is -1.00. The standard InChI is InChI=1S/C24H35N3O6S/c1-14-7-8-15(2)17(11-14)20(21(29)25-12-19(28)32-6)27(16-9-10-16)22(30)18(13-34)26-23(31)33-24(3,4)5/h7-8,11,16,18,20,34H,9-10,12-13H2,1-6H3,(H,25,29)(H,26,31). The summed E-state index contributed by atoms with van der Waals surface area (Å²) in [6, 6.07) is 3.50. The molecule has 1 aliphatic rings. The summed E-state index contributed by atoms with van der Waals surface area (Å²) in [6.45, 7) is 8.61. The van der Waals surface area contributed by atoms with Crippen molar-refractivity contribution in [2.75, 3.05) is 19.4 Å². The number of carbonyl (C=O) groups is 4. The van der Waals surface area contributed by atoms with E-state index in [0.29, 0.717) is 5.56 Å². The van der Waals surface area contributed by atoms with Gasteiger partial charge in [-0.2, -0.15) is 12.6 Å². The summed E-state index contributed by atoms with van der Waals surface area (Å²) in [4.78, 5) is 52.6. The molecule has 1 fully saturated rings. The molecule has 0 aromatic heterocycles. The molecule has 188 valence electrons. The fourth-order valence-corrected chi connectivity index (χ4v) is 3.73. The maximum atomic E-state index is 13.7. The zero-order chi connectivity index (χ0) is 25.6. The predicted molar refractivity (Wildman–Crippen MR) is 131 cm³/mol. The molecular formula is C24H35N3O6S. The number of aryl methyl sites for hydroxylation is 2. The van der Waals surface area contributed by atoms with Crippen LogP contribution in [0.2, 0.25) is 0 Å². The second kappa shape index (κ2) is 11.6. The number of benzene rings is 1. The van der Waals surface area contributed by atoms with E-state index in [1.807, 2.05) is 32.0 Å². The highest BCUT2D eigenvalue weighted by Crippen LogP contribution is 2.37. The number of hydrogen-bond donors (Lipinski definition) is 3. The number of carbonyl (C=O) groups excluding carboxylic acids is 4. The van der Waals surface area contributed by atoms with Gasteiger partial charge in [0.2, 0.25) is 11.8 Å². The first-order valence-corrected chi connectivity index (χ1v) is 11.9. The SMILES string of the molecule is COC(=O)CNC(=O)C(c1cc(C)ccc1C)N(C(=O)C(CS)NC(=O)OC(C)(C)C)C1CC1. The van der Waals surface area contributed by atoms with Gasteiger partial charge in [0.05, 0.1) is 7.11 Å². The molecular weight excluding hydrogens is 458 g/mol. The van der Waals surface area contributed by atoms with Crippen LogP contribution in [0.4, 0.5) is 4.79 Å². The Morgan fingerprint density at radius 3 is 2.35 bits per heavy atom. The van der Waals surface area contributed by atoms with Crippen LogP contribution in [-0.4, -0.2) is 65.9 Å². The van der Waals surface area contributed by atoms with Gasteiger partial charge in [0, 0.05) is 11.8 Å². The Morgan fingerprint density at radius 2 is 1.82 bits per heavy atom. The Labute approximate surface area is 206 Å². The summed E-state index contributed by atoms with van der Waals surface area (Å²) in [6.07, 6.45) is 0.709. The number of alkyl carbamates (subject to hydrolysis) is 1. The molecule has 2 rings (SSSR count). The van der Waals surface area contributed by atoms with E-state index in [1.165, 1.54) is 12.0 Å². The molecule has 1 aromatic carbocycles. The van der Waals surface area contributed by atoms with Crippen LogP contribution in [0.25, 0.3) is 0 Å². The van der Waals surface area contributed by atoms with Crippen molar-refractivity contribution in [2.24, 2.45) is 0 Å². The van der Waals surface area contributed by atoms with Crippen LogP contribution in [0.1, 0.15) is 56.3 Å². The van der Waals surface area contributed by atoms with Crippen molar-refractivity contribution in [3.8, 4) is 0 Å². The molecule has 2 N–H and O–H groups in total. The van der Waals surface area contributed by atoms with E-state index in [2.05, 4.69) is 28.0 Å². The first-order chi connectivity index (χ1) is 15.9. The summed E-state index contributed by atoms with van der Waals surface area (Å²) in [5, 5.41) is 5.17. The number of nitrogens with one attached hydrogen (secondary N) is 2. The first-order valence-electron chi connectivity index (χ1n) is 11.2. The average molecular weight is 494 g/mol. The number of thiol groups is 1. The van der Waals surface area contributed by atoms with Gasteiger partial charge in [-0.1, -0.05) is 23.8 Å². The Morgan fingerprint density at radius 1 is 1.18 bits per heavy atom. The lowest BCUT2D eigenvalue weighted by Gasteiger charge is -2.35. The van der Waals surface area contributed by atoms with Gasteiger partial charge in [-0.05, 0) is 58.6 Å². The Kier molecular flexibility index (Phi) is 9.37. The third-order valence-corrected chi connectivity index (χ3v) is 5.62. The number of ether oxygens (including phenoxy) is 2. The van der Waals surface area contributed by atoms with E-state index >= 15 is 0 Å². The Hall–Kier alpha value is -2.75. The molecule has 0 bridgehead atoms. The second-order valence-electron chi connectivity index (χ2n) is 9.41. The average Bonchev–Trinajstić information content (AvgIpc) is 3.59. The lowest BCUT2D eigenvalue weighted by molar-refractivity contribution is -0.145. The van der Waals surface area contributed by atoms with Crippen molar-refractivity contribution < 1.29 is 28.7 Å². The number of hydrogen-bond acceptors (Lipinski definition) is 7. The van der Waals surface area contributed by atoms with Crippen molar-refractivity contribution in [3.05, 3.63) is 34.9 Å². The molecule has 0 radical (unpaired) electrons. The van der Waals surface area contributed by atoms with Gasteiger partial charge in [-0.3, -0.25) is 14.4 Å². The van der Waals surface area contributed by atoms with Crippen molar-refractivity contribution in [1.82, 2.24) is 15.5 Å². The largest absolute Gasteiger partial charge is 0.468 e. The summed E-state index contributed by atoms with van der Waals surface area (Å²) in [5.74, 6) is -1.53. The van der Waals surface area contributed by atoms with E-state index in [-0.39, 0.29) is 18.3 Å². The van der Waals surface area contributed by atoms with Gasteiger partial charge >= 0.3 is 12.1 Å². The number of esters is 1.